The van der Waals surface area contributed by atoms with Gasteiger partial charge in [0.1, 0.15) is 17.8 Å². The maximum atomic E-state index is 12.3. The van der Waals surface area contributed by atoms with E-state index in [1.54, 1.807) is 23.4 Å². The zero-order chi connectivity index (χ0) is 22.0. The Morgan fingerprint density at radius 1 is 1.42 bits per heavy atom. The molecule has 0 aromatic carbocycles. The van der Waals surface area contributed by atoms with Crippen LogP contribution in [-0.4, -0.2) is 58.0 Å². The van der Waals surface area contributed by atoms with Gasteiger partial charge in [0.2, 0.25) is 11.7 Å². The predicted molar refractivity (Wildman–Crippen MR) is 113 cm³/mol. The topological polar surface area (TPSA) is 140 Å². The van der Waals surface area contributed by atoms with Crippen molar-refractivity contribution in [2.75, 3.05) is 25.5 Å². The fraction of sp³-hybridized carbons (Fsp3) is 0.381. The zero-order valence-corrected chi connectivity index (χ0v) is 17.3. The number of amides is 2. The second-order valence-electron chi connectivity index (χ2n) is 7.76. The first-order valence-electron chi connectivity index (χ1n) is 10.1. The lowest BCUT2D eigenvalue weighted by Crippen LogP contribution is -2.48. The minimum atomic E-state index is -0.364. The predicted octanol–water partition coefficient (Wildman–Crippen LogP) is 2.14. The first-order chi connectivity index (χ1) is 15.0. The van der Waals surface area contributed by atoms with Crippen LogP contribution in [-0.2, 0) is 4.79 Å². The molecule has 1 fully saturated rings. The number of likely N-dealkylation sites (tertiary alicyclic amines) is 1. The first kappa shape index (κ1) is 20.4. The quantitative estimate of drug-likeness (QED) is 0.573. The van der Waals surface area contributed by atoms with E-state index in [-0.39, 0.29) is 36.0 Å². The molecule has 10 heteroatoms. The van der Waals surface area contributed by atoms with E-state index in [1.807, 2.05) is 12.1 Å². The summed E-state index contributed by atoms with van der Waals surface area (Å²) < 4.78 is 5.19. The number of aromatic nitrogens is 3. The number of aromatic amines is 1. The van der Waals surface area contributed by atoms with Crippen LogP contribution in [0, 0.1) is 17.2 Å². The van der Waals surface area contributed by atoms with Gasteiger partial charge in [-0.05, 0) is 18.4 Å². The SMILES string of the molecule is CNC(=O)c1cc(-c2cnc3[nH]ccc3c2N[C@@H]2C[C@H](C)CN(C(=O)CC#N)C2)no1. The molecule has 3 aromatic heterocycles. The third-order valence-electron chi connectivity index (χ3n) is 5.41. The molecule has 31 heavy (non-hydrogen) atoms. The van der Waals surface area contributed by atoms with Crippen LogP contribution in [0.15, 0.2) is 29.0 Å². The molecule has 4 rings (SSSR count). The van der Waals surface area contributed by atoms with Crippen molar-refractivity contribution in [3.05, 3.63) is 30.3 Å². The standard InChI is InChI=1S/C21H23N7O3/c1-12-7-13(11-28(10-12)18(29)3-5-22)26-19-14-4-6-24-20(14)25-9-15(19)16-8-17(31-27-16)21(30)23-2/h4,6,8-9,12-13H,3,7,10-11H2,1-2H3,(H,23,30)(H2,24,25,26)/t12-,13+/m0/s1. The average molecular weight is 421 g/mol. The Labute approximate surface area is 178 Å². The molecule has 160 valence electrons. The Kier molecular flexibility index (Phi) is 5.58. The molecule has 2 atom stereocenters. The summed E-state index contributed by atoms with van der Waals surface area (Å²) in [7, 11) is 1.52. The number of carbonyl (C=O) groups is 2. The molecule has 1 aliphatic rings. The summed E-state index contributed by atoms with van der Waals surface area (Å²) >= 11 is 0. The molecular weight excluding hydrogens is 398 g/mol. The summed E-state index contributed by atoms with van der Waals surface area (Å²) in [6, 6.07) is 5.41. The van der Waals surface area contributed by atoms with E-state index >= 15 is 0 Å². The highest BCUT2D eigenvalue weighted by atomic mass is 16.5. The summed E-state index contributed by atoms with van der Waals surface area (Å²) in [4.78, 5) is 33.5. The number of nitrogens with zero attached hydrogens (tertiary/aromatic N) is 4. The van der Waals surface area contributed by atoms with Crippen molar-refractivity contribution in [2.24, 2.45) is 5.92 Å². The minimum Gasteiger partial charge on any atom is -0.379 e. The molecule has 4 heterocycles. The van der Waals surface area contributed by atoms with Gasteiger partial charge >= 0.3 is 0 Å². The second-order valence-corrected chi connectivity index (χ2v) is 7.76. The maximum absolute atomic E-state index is 12.3. The molecule has 1 aliphatic heterocycles. The summed E-state index contributed by atoms with van der Waals surface area (Å²) in [5, 5.41) is 19.9. The lowest BCUT2D eigenvalue weighted by molar-refractivity contribution is -0.132. The number of nitrogens with one attached hydrogen (secondary N) is 3. The van der Waals surface area contributed by atoms with Gasteiger partial charge in [-0.25, -0.2) is 4.98 Å². The number of carbonyl (C=O) groups excluding carboxylic acids is 2. The van der Waals surface area contributed by atoms with E-state index < -0.39 is 0 Å². The van der Waals surface area contributed by atoms with E-state index in [4.69, 9.17) is 9.78 Å². The number of rotatable bonds is 5. The van der Waals surface area contributed by atoms with Crippen molar-refractivity contribution in [2.45, 2.75) is 25.8 Å². The highest BCUT2D eigenvalue weighted by molar-refractivity contribution is 5.99. The molecule has 0 bridgehead atoms. The molecule has 0 saturated carbocycles. The van der Waals surface area contributed by atoms with Crippen LogP contribution in [0.5, 0.6) is 0 Å². The molecule has 3 aromatic rings. The van der Waals surface area contributed by atoms with Crippen LogP contribution in [0.25, 0.3) is 22.3 Å². The van der Waals surface area contributed by atoms with Gasteiger partial charge in [0.15, 0.2) is 0 Å². The second kappa shape index (κ2) is 8.47. The Morgan fingerprint density at radius 2 is 2.26 bits per heavy atom. The van der Waals surface area contributed by atoms with E-state index in [0.717, 1.165) is 17.5 Å². The Hall–Kier alpha value is -3.87. The summed E-state index contributed by atoms with van der Waals surface area (Å²) in [5.41, 5.74) is 2.69. The van der Waals surface area contributed by atoms with E-state index in [9.17, 15) is 9.59 Å². The molecule has 10 nitrogen and oxygen atoms in total. The van der Waals surface area contributed by atoms with Gasteiger partial charge in [-0.2, -0.15) is 5.26 Å². The number of piperidine rings is 1. The number of anilines is 1. The third-order valence-corrected chi connectivity index (χ3v) is 5.41. The van der Waals surface area contributed by atoms with Crippen LogP contribution >= 0.6 is 0 Å². The number of nitriles is 1. The smallest absolute Gasteiger partial charge is 0.289 e. The third kappa shape index (κ3) is 4.07. The van der Waals surface area contributed by atoms with Gasteiger partial charge in [-0.15, -0.1) is 0 Å². The van der Waals surface area contributed by atoms with Crippen molar-refractivity contribution in [3.8, 4) is 17.3 Å². The number of fused-ring (bicyclic) bond motifs is 1. The van der Waals surface area contributed by atoms with Crippen molar-refractivity contribution < 1.29 is 14.1 Å². The van der Waals surface area contributed by atoms with Crippen molar-refractivity contribution >= 4 is 28.5 Å². The molecule has 2 amide bonds. The molecule has 0 radical (unpaired) electrons. The van der Waals surface area contributed by atoms with E-state index in [1.165, 1.54) is 7.05 Å². The fourth-order valence-corrected chi connectivity index (χ4v) is 4.03. The summed E-state index contributed by atoms with van der Waals surface area (Å²) in [5.74, 6) is -0.129. The molecule has 1 saturated heterocycles. The van der Waals surface area contributed by atoms with Gasteiger partial charge < -0.3 is 25.0 Å². The van der Waals surface area contributed by atoms with E-state index in [0.29, 0.717) is 30.0 Å². The number of pyridine rings is 1. The molecule has 0 unspecified atom stereocenters. The molecule has 0 spiro atoms. The normalized spacial score (nSPS) is 18.5. The largest absolute Gasteiger partial charge is 0.379 e. The Balaban J connectivity index is 1.68. The number of H-pyrrole nitrogens is 1. The molecule has 0 aliphatic carbocycles. The van der Waals surface area contributed by atoms with Gasteiger partial charge in [0.05, 0.1) is 11.8 Å². The van der Waals surface area contributed by atoms with Crippen LogP contribution in [0.4, 0.5) is 5.69 Å². The number of hydrogen-bond donors (Lipinski definition) is 3. The van der Waals surface area contributed by atoms with Crippen LogP contribution in [0.2, 0.25) is 0 Å². The highest BCUT2D eigenvalue weighted by Crippen LogP contribution is 2.34. The first-order valence-corrected chi connectivity index (χ1v) is 10.1. The summed E-state index contributed by atoms with van der Waals surface area (Å²) in [6.45, 7) is 3.23. The van der Waals surface area contributed by atoms with Gasteiger partial charge in [0.25, 0.3) is 5.91 Å². The van der Waals surface area contributed by atoms with Gasteiger partial charge in [-0.1, -0.05) is 12.1 Å². The van der Waals surface area contributed by atoms with Crippen LogP contribution in [0.1, 0.15) is 30.3 Å². The molecular formula is C21H23N7O3. The highest BCUT2D eigenvalue weighted by Gasteiger charge is 2.29. The number of hydrogen-bond acceptors (Lipinski definition) is 7. The monoisotopic (exact) mass is 421 g/mol. The van der Waals surface area contributed by atoms with Crippen LogP contribution in [0.3, 0.4) is 0 Å². The maximum Gasteiger partial charge on any atom is 0.289 e. The lowest BCUT2D eigenvalue weighted by Gasteiger charge is -2.37. The zero-order valence-electron chi connectivity index (χ0n) is 17.3. The fourth-order valence-electron chi connectivity index (χ4n) is 4.03. The molecule has 3 N–H and O–H groups in total. The Morgan fingerprint density at radius 3 is 3.03 bits per heavy atom. The van der Waals surface area contributed by atoms with Crippen molar-refractivity contribution in [3.63, 3.8) is 0 Å². The van der Waals surface area contributed by atoms with Gasteiger partial charge in [-0.3, -0.25) is 9.59 Å². The minimum absolute atomic E-state index is 0.0176. The van der Waals surface area contributed by atoms with E-state index in [2.05, 4.69) is 32.7 Å². The van der Waals surface area contributed by atoms with Crippen LogP contribution < -0.4 is 10.6 Å². The van der Waals surface area contributed by atoms with Crippen molar-refractivity contribution in [1.29, 1.82) is 5.26 Å². The lowest BCUT2D eigenvalue weighted by atomic mass is 9.95. The van der Waals surface area contributed by atoms with Crippen molar-refractivity contribution in [1.82, 2.24) is 25.3 Å². The van der Waals surface area contributed by atoms with Gasteiger partial charge in [0, 0.05) is 55.6 Å². The summed E-state index contributed by atoms with van der Waals surface area (Å²) in [6.07, 6.45) is 4.23. The average Bonchev–Trinajstić information content (AvgIpc) is 3.43. The Bertz CT molecular complexity index is 1160.